The third kappa shape index (κ3) is 3.61. The number of thiophene rings is 1. The molecule has 0 radical (unpaired) electrons. The summed E-state index contributed by atoms with van der Waals surface area (Å²) in [5.41, 5.74) is 2.45. The molecule has 25 heavy (non-hydrogen) atoms. The van der Waals surface area contributed by atoms with Crippen molar-refractivity contribution in [2.45, 2.75) is 52.5 Å². The maximum absolute atomic E-state index is 12.7. The summed E-state index contributed by atoms with van der Waals surface area (Å²) >= 11 is 1.50. The van der Waals surface area contributed by atoms with E-state index in [4.69, 9.17) is 4.74 Å². The summed E-state index contributed by atoms with van der Waals surface area (Å²) in [6.45, 7) is 5.78. The smallest absolute Gasteiger partial charge is 0.341 e. The van der Waals surface area contributed by atoms with Gasteiger partial charge in [-0.15, -0.1) is 11.3 Å². The first-order chi connectivity index (χ1) is 12.0. The molecule has 6 nitrogen and oxygen atoms in total. The Morgan fingerprint density at radius 1 is 1.40 bits per heavy atom. The highest BCUT2D eigenvalue weighted by molar-refractivity contribution is 7.17. The van der Waals surface area contributed by atoms with Gasteiger partial charge in [-0.1, -0.05) is 0 Å². The quantitative estimate of drug-likeness (QED) is 0.827. The van der Waals surface area contributed by atoms with E-state index in [1.165, 1.54) is 16.2 Å². The Morgan fingerprint density at radius 2 is 2.16 bits per heavy atom. The summed E-state index contributed by atoms with van der Waals surface area (Å²) in [4.78, 5) is 26.3. The highest BCUT2D eigenvalue weighted by Gasteiger charge is 2.28. The van der Waals surface area contributed by atoms with E-state index in [9.17, 15) is 9.59 Å². The van der Waals surface area contributed by atoms with E-state index in [-0.39, 0.29) is 11.9 Å². The number of anilines is 1. The third-order valence-corrected chi connectivity index (χ3v) is 5.61. The summed E-state index contributed by atoms with van der Waals surface area (Å²) in [6, 6.07) is 1.40. The molecule has 3 rings (SSSR count). The van der Waals surface area contributed by atoms with Crippen molar-refractivity contribution in [2.75, 3.05) is 11.9 Å². The van der Waals surface area contributed by atoms with Gasteiger partial charge in [0.1, 0.15) is 11.0 Å². The molecule has 0 aromatic carbocycles. The van der Waals surface area contributed by atoms with Crippen LogP contribution in [-0.2, 0) is 22.4 Å². The van der Waals surface area contributed by atoms with Crippen LogP contribution in [0, 0.1) is 6.92 Å². The van der Waals surface area contributed by atoms with Gasteiger partial charge in [0.2, 0.25) is 5.91 Å². The number of carbonyl (C=O) groups excluding carboxylic acids is 2. The second-order valence-corrected chi connectivity index (χ2v) is 7.34. The SMILES string of the molecule is CCOC(=O)c1c(NC(=O)C(C)n2ccc(C)n2)sc2c1CCCC2. The van der Waals surface area contributed by atoms with Crippen molar-refractivity contribution in [2.24, 2.45) is 0 Å². The van der Waals surface area contributed by atoms with E-state index < -0.39 is 6.04 Å². The summed E-state index contributed by atoms with van der Waals surface area (Å²) in [6.07, 6.45) is 5.78. The molecule has 0 saturated heterocycles. The Morgan fingerprint density at radius 3 is 2.84 bits per heavy atom. The van der Waals surface area contributed by atoms with Gasteiger partial charge in [0.25, 0.3) is 0 Å². The van der Waals surface area contributed by atoms with E-state index >= 15 is 0 Å². The van der Waals surface area contributed by atoms with Crippen molar-refractivity contribution in [1.29, 1.82) is 0 Å². The minimum atomic E-state index is -0.456. The van der Waals surface area contributed by atoms with Gasteiger partial charge in [0.05, 0.1) is 17.9 Å². The molecule has 0 fully saturated rings. The highest BCUT2D eigenvalue weighted by Crippen LogP contribution is 2.38. The molecular weight excluding hydrogens is 338 g/mol. The van der Waals surface area contributed by atoms with E-state index in [0.29, 0.717) is 17.2 Å². The largest absolute Gasteiger partial charge is 0.462 e. The summed E-state index contributed by atoms with van der Waals surface area (Å²) in [5.74, 6) is -0.535. The van der Waals surface area contributed by atoms with E-state index in [2.05, 4.69) is 10.4 Å². The molecule has 1 aliphatic carbocycles. The lowest BCUT2D eigenvalue weighted by Crippen LogP contribution is -2.24. The van der Waals surface area contributed by atoms with Crippen LogP contribution in [0.25, 0.3) is 0 Å². The number of aromatic nitrogens is 2. The fourth-order valence-electron chi connectivity index (χ4n) is 3.06. The Hall–Kier alpha value is -2.15. The monoisotopic (exact) mass is 361 g/mol. The number of aryl methyl sites for hydroxylation is 2. The predicted octanol–water partition coefficient (Wildman–Crippen LogP) is 3.51. The van der Waals surface area contributed by atoms with E-state index in [0.717, 1.165) is 36.9 Å². The van der Waals surface area contributed by atoms with Crippen LogP contribution in [0.4, 0.5) is 5.00 Å². The second-order valence-electron chi connectivity index (χ2n) is 6.24. The lowest BCUT2D eigenvalue weighted by atomic mass is 9.95. The molecule has 0 spiro atoms. The van der Waals surface area contributed by atoms with Gasteiger partial charge in [-0.05, 0) is 58.1 Å². The van der Waals surface area contributed by atoms with Crippen LogP contribution in [-0.4, -0.2) is 28.3 Å². The summed E-state index contributed by atoms with van der Waals surface area (Å²) < 4.78 is 6.85. The minimum absolute atomic E-state index is 0.188. The Kier molecular flexibility index (Phi) is 5.22. The molecule has 134 valence electrons. The van der Waals surface area contributed by atoms with Gasteiger partial charge >= 0.3 is 5.97 Å². The van der Waals surface area contributed by atoms with Crippen LogP contribution >= 0.6 is 11.3 Å². The predicted molar refractivity (Wildman–Crippen MR) is 97.2 cm³/mol. The highest BCUT2D eigenvalue weighted by atomic mass is 32.1. The maximum Gasteiger partial charge on any atom is 0.341 e. The lowest BCUT2D eigenvalue weighted by Gasteiger charge is -2.14. The molecule has 0 saturated carbocycles. The molecule has 2 aromatic rings. The van der Waals surface area contributed by atoms with Crippen molar-refractivity contribution >= 4 is 28.2 Å². The molecule has 2 aromatic heterocycles. The van der Waals surface area contributed by atoms with Crippen LogP contribution in [0.3, 0.4) is 0 Å². The van der Waals surface area contributed by atoms with Crippen molar-refractivity contribution < 1.29 is 14.3 Å². The van der Waals surface area contributed by atoms with Crippen molar-refractivity contribution in [3.05, 3.63) is 34.0 Å². The number of ether oxygens (including phenoxy) is 1. The Labute approximate surface area is 151 Å². The van der Waals surface area contributed by atoms with E-state index in [1.807, 2.05) is 13.0 Å². The number of esters is 1. The van der Waals surface area contributed by atoms with Gasteiger partial charge in [-0.25, -0.2) is 4.79 Å². The Balaban J connectivity index is 1.87. The molecule has 0 bridgehead atoms. The third-order valence-electron chi connectivity index (χ3n) is 4.41. The molecule has 1 N–H and O–H groups in total. The lowest BCUT2D eigenvalue weighted by molar-refractivity contribution is -0.119. The fraction of sp³-hybridized carbons (Fsp3) is 0.500. The molecule has 1 unspecified atom stereocenters. The first kappa shape index (κ1) is 17.7. The van der Waals surface area contributed by atoms with Gasteiger partial charge in [0.15, 0.2) is 0 Å². The topological polar surface area (TPSA) is 73.2 Å². The number of nitrogens with zero attached hydrogens (tertiary/aromatic N) is 2. The number of amides is 1. The zero-order chi connectivity index (χ0) is 18.0. The number of hydrogen-bond acceptors (Lipinski definition) is 5. The van der Waals surface area contributed by atoms with Gasteiger partial charge in [-0.3, -0.25) is 9.48 Å². The fourth-order valence-corrected chi connectivity index (χ4v) is 4.34. The maximum atomic E-state index is 12.7. The minimum Gasteiger partial charge on any atom is -0.462 e. The van der Waals surface area contributed by atoms with Crippen LogP contribution in [0.1, 0.15) is 59.2 Å². The molecular formula is C18H23N3O3S. The van der Waals surface area contributed by atoms with E-state index in [1.54, 1.807) is 24.7 Å². The van der Waals surface area contributed by atoms with Crippen LogP contribution in [0.5, 0.6) is 0 Å². The van der Waals surface area contributed by atoms with Crippen molar-refractivity contribution in [3.63, 3.8) is 0 Å². The zero-order valence-electron chi connectivity index (χ0n) is 14.8. The summed E-state index contributed by atoms with van der Waals surface area (Å²) in [7, 11) is 0. The number of carbonyl (C=O) groups is 2. The first-order valence-corrected chi connectivity index (χ1v) is 9.47. The first-order valence-electron chi connectivity index (χ1n) is 8.65. The standard InChI is InChI=1S/C18H23N3O3S/c1-4-24-18(23)15-13-7-5-6-8-14(13)25-17(15)19-16(22)12(3)21-10-9-11(2)20-21/h9-10,12H,4-8H2,1-3H3,(H,19,22). The number of hydrogen-bond donors (Lipinski definition) is 1. The average molecular weight is 361 g/mol. The van der Waals surface area contributed by atoms with Gasteiger partial charge in [-0.2, -0.15) is 5.10 Å². The molecule has 1 amide bonds. The van der Waals surface area contributed by atoms with Gasteiger partial charge in [0, 0.05) is 11.1 Å². The molecule has 0 aliphatic heterocycles. The number of nitrogens with one attached hydrogen (secondary N) is 1. The Bertz CT molecular complexity index is 794. The zero-order valence-corrected chi connectivity index (χ0v) is 15.6. The number of fused-ring (bicyclic) bond motifs is 1. The average Bonchev–Trinajstić information content (AvgIpc) is 3.17. The summed E-state index contributed by atoms with van der Waals surface area (Å²) in [5, 5.41) is 7.83. The van der Waals surface area contributed by atoms with Gasteiger partial charge < -0.3 is 10.1 Å². The normalized spacial score (nSPS) is 14.7. The molecule has 7 heteroatoms. The van der Waals surface area contributed by atoms with Crippen LogP contribution in [0.2, 0.25) is 0 Å². The van der Waals surface area contributed by atoms with Crippen LogP contribution < -0.4 is 5.32 Å². The molecule has 1 aliphatic rings. The molecule has 2 heterocycles. The van der Waals surface area contributed by atoms with Crippen molar-refractivity contribution in [1.82, 2.24) is 9.78 Å². The number of rotatable bonds is 5. The van der Waals surface area contributed by atoms with Crippen LogP contribution in [0.15, 0.2) is 12.3 Å². The molecule has 1 atom stereocenters. The van der Waals surface area contributed by atoms with Crippen molar-refractivity contribution in [3.8, 4) is 0 Å². The second kappa shape index (κ2) is 7.39.